The molecule has 2 fully saturated rings. The summed E-state index contributed by atoms with van der Waals surface area (Å²) in [5.41, 5.74) is 5.50. The van der Waals surface area contributed by atoms with Crippen molar-refractivity contribution >= 4 is 85.6 Å². The number of anilines is 6. The van der Waals surface area contributed by atoms with E-state index in [1.165, 1.54) is 17.7 Å². The molecule has 2 aliphatic rings. The summed E-state index contributed by atoms with van der Waals surface area (Å²) in [5, 5.41) is 17.6. The number of ether oxygens (including phenoxy) is 1. The molecular weight excluding hydrogens is 905 g/mol. The zero-order valence-electron chi connectivity index (χ0n) is 37.1. The molecule has 3 aromatic carbocycles. The Morgan fingerprint density at radius 2 is 1.72 bits per heavy atom. The third-order valence-corrected chi connectivity index (χ3v) is 14.0. The van der Waals surface area contributed by atoms with E-state index in [1.807, 2.05) is 31.2 Å². The number of nitrogens with one attached hydrogen (secondary N) is 5. The van der Waals surface area contributed by atoms with Gasteiger partial charge in [0, 0.05) is 104 Å². The van der Waals surface area contributed by atoms with Crippen LogP contribution in [0.1, 0.15) is 55.3 Å². The van der Waals surface area contributed by atoms with Gasteiger partial charge in [-0.05, 0) is 104 Å². The van der Waals surface area contributed by atoms with Crippen LogP contribution in [0.15, 0.2) is 59.2 Å². The second-order valence-electron chi connectivity index (χ2n) is 16.7. The molecule has 64 heavy (non-hydrogen) atoms. The van der Waals surface area contributed by atoms with E-state index < -0.39 is 36.5 Å². The lowest BCUT2D eigenvalue weighted by molar-refractivity contribution is -0.134. The molecule has 2 aromatic heterocycles. The Morgan fingerprint density at radius 1 is 0.969 bits per heavy atom. The van der Waals surface area contributed by atoms with E-state index in [9.17, 15) is 14.2 Å². The molecule has 0 aliphatic carbocycles. The van der Waals surface area contributed by atoms with Crippen molar-refractivity contribution in [2.45, 2.75) is 57.9 Å². The average Bonchev–Trinajstić information content (AvgIpc) is 3.26. The van der Waals surface area contributed by atoms with Gasteiger partial charge in [-0.2, -0.15) is 4.98 Å². The summed E-state index contributed by atoms with van der Waals surface area (Å²) >= 11 is 3.60. The number of aromatic nitrogens is 3. The third-order valence-electron chi connectivity index (χ3n) is 11.8. The molecule has 0 saturated carbocycles. The molecule has 18 heteroatoms. The van der Waals surface area contributed by atoms with Gasteiger partial charge in [-0.15, -0.1) is 0 Å². The first-order valence-electron chi connectivity index (χ1n) is 21.6. The topological polar surface area (TPSA) is 166 Å². The minimum atomic E-state index is -2.74. The standard InChI is InChI=1S/C46H56BrF2N10O4P/c1-7-28-22-38(55-46-52-26-33(47)44(57-46)54-37-12-11-36-31(9-8-27(2)53-36)43(37)64(5,6)62)40(63-4)25-39(28)59-19-14-29(15-20-59)51-17-16-50-18-21-58(3)30-23-34(48)42(35(49)24-30)32-10-13-41(60)56-45(32)61/h8-9,11-12,22-26,29,32,50-51H,7,10,13-21H2,1-6H3,(H,56,60,61)(H2,52,54,55,57). The number of imide groups is 1. The Morgan fingerprint density at radius 3 is 2.41 bits per heavy atom. The van der Waals surface area contributed by atoms with Gasteiger partial charge in [0.05, 0.1) is 34.4 Å². The maximum atomic E-state index is 15.0. The fraction of sp³-hybridized carbons (Fsp3) is 0.413. The lowest BCUT2D eigenvalue weighted by Crippen LogP contribution is -2.44. The highest BCUT2D eigenvalue weighted by molar-refractivity contribution is 9.10. The smallest absolute Gasteiger partial charge is 0.234 e. The van der Waals surface area contributed by atoms with Crippen LogP contribution in [0.5, 0.6) is 5.75 Å². The molecule has 5 aromatic rings. The van der Waals surface area contributed by atoms with Gasteiger partial charge < -0.3 is 40.4 Å². The Balaban J connectivity index is 0.907. The van der Waals surface area contributed by atoms with Gasteiger partial charge in [-0.1, -0.05) is 13.0 Å². The van der Waals surface area contributed by atoms with E-state index in [2.05, 4.69) is 76.4 Å². The molecule has 2 aliphatic heterocycles. The van der Waals surface area contributed by atoms with Gasteiger partial charge in [0.25, 0.3) is 0 Å². The number of amides is 2. The highest BCUT2D eigenvalue weighted by Gasteiger charge is 2.33. The number of carbonyl (C=O) groups is 2. The summed E-state index contributed by atoms with van der Waals surface area (Å²) in [5.74, 6) is -2.15. The van der Waals surface area contributed by atoms with E-state index in [1.54, 1.807) is 38.6 Å². The second-order valence-corrected chi connectivity index (χ2v) is 20.7. The second kappa shape index (κ2) is 20.3. The van der Waals surface area contributed by atoms with Crippen LogP contribution in [0.25, 0.3) is 10.9 Å². The van der Waals surface area contributed by atoms with Crippen molar-refractivity contribution in [1.82, 2.24) is 30.9 Å². The molecule has 5 N–H and O–H groups in total. The number of aryl methyl sites for hydroxylation is 2. The zero-order chi connectivity index (χ0) is 45.7. The van der Waals surface area contributed by atoms with Gasteiger partial charge in [-0.25, -0.2) is 13.8 Å². The van der Waals surface area contributed by atoms with Crippen molar-refractivity contribution in [3.05, 3.63) is 87.7 Å². The molecule has 2 amide bonds. The zero-order valence-corrected chi connectivity index (χ0v) is 39.6. The number of rotatable bonds is 17. The summed E-state index contributed by atoms with van der Waals surface area (Å²) in [6.45, 7) is 12.0. The summed E-state index contributed by atoms with van der Waals surface area (Å²) in [7, 11) is 0.684. The monoisotopic (exact) mass is 960 g/mol. The average molecular weight is 962 g/mol. The van der Waals surface area contributed by atoms with Crippen LogP contribution >= 0.6 is 23.1 Å². The van der Waals surface area contributed by atoms with Gasteiger partial charge in [0.1, 0.15) is 30.3 Å². The van der Waals surface area contributed by atoms with Gasteiger partial charge in [0.15, 0.2) is 0 Å². The maximum Gasteiger partial charge on any atom is 0.234 e. The Labute approximate surface area is 381 Å². The van der Waals surface area contributed by atoms with E-state index in [0.717, 1.165) is 73.4 Å². The number of likely N-dealkylation sites (N-methyl/N-ethyl adjacent to an activating group) is 1. The van der Waals surface area contributed by atoms with Crippen molar-refractivity contribution in [2.24, 2.45) is 0 Å². The Hall–Kier alpha value is -5.22. The molecule has 1 unspecified atom stereocenters. The van der Waals surface area contributed by atoms with Crippen molar-refractivity contribution in [2.75, 3.05) is 87.2 Å². The fourth-order valence-corrected chi connectivity index (χ4v) is 10.2. The summed E-state index contributed by atoms with van der Waals surface area (Å²) in [6, 6.07) is 14.8. The number of hydrogen-bond acceptors (Lipinski definition) is 13. The number of benzene rings is 3. The van der Waals surface area contributed by atoms with Crippen molar-refractivity contribution < 1.29 is 27.7 Å². The van der Waals surface area contributed by atoms with Gasteiger partial charge >= 0.3 is 0 Å². The van der Waals surface area contributed by atoms with E-state index in [0.29, 0.717) is 57.8 Å². The number of hydrogen-bond donors (Lipinski definition) is 5. The third kappa shape index (κ3) is 10.8. The first-order valence-corrected chi connectivity index (χ1v) is 25.0. The maximum absolute atomic E-state index is 15.0. The van der Waals surface area contributed by atoms with Crippen LogP contribution in [-0.4, -0.2) is 99.6 Å². The quantitative estimate of drug-likeness (QED) is 0.0354. The van der Waals surface area contributed by atoms with E-state index >= 15 is 8.78 Å². The molecule has 0 bridgehead atoms. The SMILES string of the molecule is CCc1cc(Nc2ncc(Br)c(Nc3ccc4nc(C)ccc4c3P(C)(C)=O)n2)c(OC)cc1N1CCC(NCCNCCN(C)c2cc(F)c(C3CCC(=O)NC3=O)c(F)c2)CC1. The minimum Gasteiger partial charge on any atom is -0.494 e. The number of methoxy groups -OCH3 is 1. The number of fused-ring (bicyclic) bond motifs is 1. The van der Waals surface area contributed by atoms with Gasteiger partial charge in [-0.3, -0.25) is 19.9 Å². The number of pyridine rings is 1. The van der Waals surface area contributed by atoms with E-state index in [4.69, 9.17) is 9.72 Å². The molecule has 14 nitrogen and oxygen atoms in total. The van der Waals surface area contributed by atoms with Crippen LogP contribution in [0, 0.1) is 18.6 Å². The minimum absolute atomic E-state index is 0.0478. The van der Waals surface area contributed by atoms with Crippen LogP contribution in [0.2, 0.25) is 0 Å². The summed E-state index contributed by atoms with van der Waals surface area (Å²) < 4.78 is 50.2. The molecule has 2 saturated heterocycles. The Kier molecular flexibility index (Phi) is 14.8. The predicted molar refractivity (Wildman–Crippen MR) is 255 cm³/mol. The Bertz CT molecular complexity index is 2570. The van der Waals surface area contributed by atoms with Crippen molar-refractivity contribution in [3.8, 4) is 5.75 Å². The summed E-state index contributed by atoms with van der Waals surface area (Å²) in [4.78, 5) is 41.9. The lowest BCUT2D eigenvalue weighted by Gasteiger charge is -2.35. The van der Waals surface area contributed by atoms with Crippen molar-refractivity contribution in [1.29, 1.82) is 0 Å². The first kappa shape index (κ1) is 46.8. The molecule has 1 atom stereocenters. The molecule has 0 radical (unpaired) electrons. The molecular formula is C46H56BrF2N10O4P. The molecule has 4 heterocycles. The largest absolute Gasteiger partial charge is 0.494 e. The normalized spacial score (nSPS) is 16.0. The van der Waals surface area contributed by atoms with Gasteiger partial charge in [0.2, 0.25) is 17.8 Å². The van der Waals surface area contributed by atoms with Crippen LogP contribution < -0.4 is 46.4 Å². The number of nitrogens with zero attached hydrogens (tertiary/aromatic N) is 5. The predicted octanol–water partition coefficient (Wildman–Crippen LogP) is 7.48. The molecule has 7 rings (SSSR count). The number of halogens is 3. The van der Waals surface area contributed by atoms with E-state index in [-0.39, 0.29) is 18.4 Å². The molecule has 340 valence electrons. The number of carbonyl (C=O) groups excluding carboxylic acids is 2. The van der Waals surface area contributed by atoms with Crippen molar-refractivity contribution in [3.63, 3.8) is 0 Å². The van der Waals surface area contributed by atoms with Crippen LogP contribution in [-0.2, 0) is 20.6 Å². The van der Waals surface area contributed by atoms with Crippen LogP contribution in [0.4, 0.5) is 43.3 Å². The molecule has 0 spiro atoms. The summed E-state index contributed by atoms with van der Waals surface area (Å²) in [6.07, 6.45) is 4.57. The lowest BCUT2D eigenvalue weighted by atomic mass is 9.89. The number of piperidine rings is 2. The highest BCUT2D eigenvalue weighted by Crippen LogP contribution is 2.42. The fourth-order valence-electron chi connectivity index (χ4n) is 8.48. The first-order chi connectivity index (χ1) is 30.6. The van der Waals surface area contributed by atoms with Crippen LogP contribution in [0.3, 0.4) is 0 Å². The highest BCUT2D eigenvalue weighted by atomic mass is 79.9.